The van der Waals surface area contributed by atoms with Gasteiger partial charge < -0.3 is 5.32 Å². The third kappa shape index (κ3) is 2.63. The number of carbonyl (C=O) groups is 1. The lowest BCUT2D eigenvalue weighted by Crippen LogP contribution is -2.12. The van der Waals surface area contributed by atoms with Gasteiger partial charge in [0.05, 0.1) is 15.7 Å². The zero-order valence-corrected chi connectivity index (χ0v) is 11.2. The van der Waals surface area contributed by atoms with Crippen molar-refractivity contribution < 1.29 is 4.79 Å². The predicted molar refractivity (Wildman–Crippen MR) is 70.4 cm³/mol. The van der Waals surface area contributed by atoms with Gasteiger partial charge in [-0.15, -0.1) is 0 Å². The Hall–Kier alpha value is -1.59. The molecule has 0 unspecified atom stereocenters. The average molecular weight is 285 g/mol. The summed E-state index contributed by atoms with van der Waals surface area (Å²) in [6, 6.07) is 3.30. The predicted octanol–water partition coefficient (Wildman–Crippen LogP) is 2.84. The van der Waals surface area contributed by atoms with Gasteiger partial charge >= 0.3 is 0 Å². The van der Waals surface area contributed by atoms with E-state index in [9.17, 15) is 4.79 Å². The van der Waals surface area contributed by atoms with Crippen LogP contribution < -0.4 is 5.32 Å². The molecule has 1 amide bonds. The second-order valence-corrected chi connectivity index (χ2v) is 4.57. The molecular weight excluding hydrogens is 275 g/mol. The number of halogens is 2. The summed E-state index contributed by atoms with van der Waals surface area (Å²) in [6.07, 6.45) is 1.47. The van der Waals surface area contributed by atoms with Gasteiger partial charge in [0.1, 0.15) is 5.82 Å². The van der Waals surface area contributed by atoms with Gasteiger partial charge in [-0.05, 0) is 13.0 Å². The molecule has 2 rings (SSSR count). The van der Waals surface area contributed by atoms with Gasteiger partial charge in [-0.3, -0.25) is 4.79 Å². The van der Waals surface area contributed by atoms with Gasteiger partial charge in [0.2, 0.25) is 5.91 Å². The zero-order valence-electron chi connectivity index (χ0n) is 9.74. The molecule has 1 N–H and O–H groups in total. The molecule has 0 radical (unpaired) electrons. The number of rotatable bonds is 2. The van der Waals surface area contributed by atoms with Crippen molar-refractivity contribution in [3.63, 3.8) is 0 Å². The Morgan fingerprint density at radius 1 is 1.39 bits per heavy atom. The number of aryl methyl sites for hydroxylation is 1. The monoisotopic (exact) mass is 284 g/mol. The molecule has 0 aromatic carbocycles. The number of carbonyl (C=O) groups excluding carboxylic acids is 1. The first-order valence-corrected chi connectivity index (χ1v) is 5.88. The molecule has 0 saturated heterocycles. The van der Waals surface area contributed by atoms with Crippen LogP contribution in [-0.2, 0) is 4.79 Å². The molecule has 94 valence electrons. The maximum Gasteiger partial charge on any atom is 0.222 e. The minimum Gasteiger partial charge on any atom is -0.311 e. The Balaban J connectivity index is 2.52. The largest absolute Gasteiger partial charge is 0.311 e. The van der Waals surface area contributed by atoms with Crippen molar-refractivity contribution in [3.05, 3.63) is 34.1 Å². The van der Waals surface area contributed by atoms with Gasteiger partial charge in [0.25, 0.3) is 0 Å². The molecule has 7 heteroatoms. The van der Waals surface area contributed by atoms with Crippen LogP contribution in [0, 0.1) is 6.92 Å². The number of nitrogens with zero attached hydrogens (tertiary/aromatic N) is 3. The number of hydrogen-bond acceptors (Lipinski definition) is 3. The van der Waals surface area contributed by atoms with Gasteiger partial charge in [0, 0.05) is 19.2 Å². The first kappa shape index (κ1) is 12.9. The highest BCUT2D eigenvalue weighted by Crippen LogP contribution is 2.24. The molecule has 0 aliphatic carbocycles. The molecule has 0 aliphatic rings. The minimum absolute atomic E-state index is 0.193. The summed E-state index contributed by atoms with van der Waals surface area (Å²) in [5, 5.41) is 7.70. The van der Waals surface area contributed by atoms with Crippen LogP contribution >= 0.6 is 23.2 Å². The Bertz CT molecular complexity index is 609. The SMILES string of the molecule is CC(=O)Nc1cc(C)nn1-c1ncc(Cl)cc1Cl. The van der Waals surface area contributed by atoms with E-state index in [2.05, 4.69) is 15.4 Å². The first-order valence-electron chi connectivity index (χ1n) is 5.13. The van der Waals surface area contributed by atoms with Crippen LogP contribution in [0.15, 0.2) is 18.3 Å². The standard InChI is InChI=1S/C11H10Cl2N4O/c1-6-3-10(15-7(2)18)17(16-6)11-9(13)4-8(12)5-14-11/h3-5H,1-2H3,(H,15,18). The van der Waals surface area contributed by atoms with E-state index in [0.717, 1.165) is 5.69 Å². The van der Waals surface area contributed by atoms with Crippen molar-refractivity contribution in [2.45, 2.75) is 13.8 Å². The van der Waals surface area contributed by atoms with E-state index in [1.165, 1.54) is 17.8 Å². The Morgan fingerprint density at radius 2 is 2.11 bits per heavy atom. The fourth-order valence-corrected chi connectivity index (χ4v) is 1.95. The summed E-state index contributed by atoms with van der Waals surface area (Å²) < 4.78 is 1.47. The zero-order chi connectivity index (χ0) is 13.3. The molecular formula is C11H10Cl2N4O. The lowest BCUT2D eigenvalue weighted by atomic mass is 10.4. The van der Waals surface area contributed by atoms with Crippen molar-refractivity contribution >= 4 is 34.9 Å². The quantitative estimate of drug-likeness (QED) is 0.923. The van der Waals surface area contributed by atoms with Gasteiger partial charge in [-0.25, -0.2) is 4.98 Å². The van der Waals surface area contributed by atoms with Crippen LogP contribution in [0.1, 0.15) is 12.6 Å². The van der Waals surface area contributed by atoms with Crippen LogP contribution in [0.25, 0.3) is 5.82 Å². The van der Waals surface area contributed by atoms with Crippen LogP contribution in [0.2, 0.25) is 10.0 Å². The van der Waals surface area contributed by atoms with Crippen LogP contribution in [0.3, 0.4) is 0 Å². The molecule has 0 atom stereocenters. The van der Waals surface area contributed by atoms with E-state index < -0.39 is 0 Å². The molecule has 18 heavy (non-hydrogen) atoms. The van der Waals surface area contributed by atoms with Gasteiger partial charge in [0.15, 0.2) is 5.82 Å². The summed E-state index contributed by atoms with van der Waals surface area (Å²) in [5.74, 6) is 0.732. The van der Waals surface area contributed by atoms with Crippen molar-refractivity contribution in [1.29, 1.82) is 0 Å². The van der Waals surface area contributed by atoms with E-state index in [-0.39, 0.29) is 5.91 Å². The van der Waals surface area contributed by atoms with Crippen LogP contribution in [-0.4, -0.2) is 20.7 Å². The number of nitrogens with one attached hydrogen (secondary N) is 1. The van der Waals surface area contributed by atoms with Crippen molar-refractivity contribution in [2.24, 2.45) is 0 Å². The third-order valence-electron chi connectivity index (χ3n) is 2.12. The maximum absolute atomic E-state index is 11.1. The molecule has 5 nitrogen and oxygen atoms in total. The van der Waals surface area contributed by atoms with Crippen LogP contribution in [0.4, 0.5) is 5.82 Å². The molecule has 0 saturated carbocycles. The smallest absolute Gasteiger partial charge is 0.222 e. The van der Waals surface area contributed by atoms with Crippen molar-refractivity contribution in [3.8, 4) is 5.82 Å². The van der Waals surface area contributed by atoms with Crippen LogP contribution in [0.5, 0.6) is 0 Å². The van der Waals surface area contributed by atoms with E-state index in [1.807, 2.05) is 6.92 Å². The lowest BCUT2D eigenvalue weighted by Gasteiger charge is -2.08. The molecule has 0 bridgehead atoms. The number of aromatic nitrogens is 3. The number of anilines is 1. The molecule has 0 aliphatic heterocycles. The number of amides is 1. The van der Waals surface area contributed by atoms with Gasteiger partial charge in [-0.2, -0.15) is 9.78 Å². The Morgan fingerprint density at radius 3 is 2.72 bits per heavy atom. The Labute approximate surface area is 114 Å². The van der Waals surface area contributed by atoms with E-state index in [1.54, 1.807) is 12.1 Å². The van der Waals surface area contributed by atoms with E-state index in [0.29, 0.717) is 21.7 Å². The summed E-state index contributed by atoms with van der Waals surface area (Å²) >= 11 is 11.8. The summed E-state index contributed by atoms with van der Waals surface area (Å²) in [7, 11) is 0. The lowest BCUT2D eigenvalue weighted by molar-refractivity contribution is -0.114. The first-order chi connectivity index (χ1) is 8.47. The number of hydrogen-bond donors (Lipinski definition) is 1. The third-order valence-corrected chi connectivity index (χ3v) is 2.61. The molecule has 2 aromatic heterocycles. The summed E-state index contributed by atoms with van der Waals surface area (Å²) in [6.45, 7) is 3.23. The highest BCUT2D eigenvalue weighted by molar-refractivity contribution is 6.35. The molecule has 0 fully saturated rings. The fraction of sp³-hybridized carbons (Fsp3) is 0.182. The normalized spacial score (nSPS) is 10.4. The second kappa shape index (κ2) is 4.96. The summed E-state index contributed by atoms with van der Waals surface area (Å²) in [5.41, 5.74) is 0.742. The topological polar surface area (TPSA) is 59.8 Å². The van der Waals surface area contributed by atoms with Crippen molar-refractivity contribution in [2.75, 3.05) is 5.32 Å². The Kier molecular flexibility index (Phi) is 3.54. The minimum atomic E-state index is -0.193. The maximum atomic E-state index is 11.1. The molecule has 2 heterocycles. The average Bonchev–Trinajstić information content (AvgIpc) is 2.58. The second-order valence-electron chi connectivity index (χ2n) is 3.72. The molecule has 2 aromatic rings. The van der Waals surface area contributed by atoms with E-state index >= 15 is 0 Å². The van der Waals surface area contributed by atoms with Crippen molar-refractivity contribution in [1.82, 2.24) is 14.8 Å². The fourth-order valence-electron chi connectivity index (χ4n) is 1.49. The summed E-state index contributed by atoms with van der Waals surface area (Å²) in [4.78, 5) is 15.2. The highest BCUT2D eigenvalue weighted by Gasteiger charge is 2.13. The number of pyridine rings is 1. The van der Waals surface area contributed by atoms with E-state index in [4.69, 9.17) is 23.2 Å². The highest BCUT2D eigenvalue weighted by atomic mass is 35.5. The molecule has 0 spiro atoms. The van der Waals surface area contributed by atoms with Gasteiger partial charge in [-0.1, -0.05) is 23.2 Å².